The van der Waals surface area contributed by atoms with E-state index in [9.17, 15) is 9.59 Å². The smallest absolute Gasteiger partial charge is 0.233 e. The van der Waals surface area contributed by atoms with Crippen LogP contribution in [-0.4, -0.2) is 21.7 Å². The third kappa shape index (κ3) is 1.72. The number of aromatic nitrogens is 1. The molecule has 2 unspecified atom stereocenters. The predicted octanol–water partition coefficient (Wildman–Crippen LogP) is 1.89. The summed E-state index contributed by atoms with van der Waals surface area (Å²) < 4.78 is 0. The average molecular weight is 271 g/mol. The lowest BCUT2D eigenvalue weighted by molar-refractivity contribution is -0.142. The van der Waals surface area contributed by atoms with Crippen molar-refractivity contribution < 1.29 is 9.59 Å². The van der Waals surface area contributed by atoms with Gasteiger partial charge in [-0.1, -0.05) is 23.2 Å². The second-order valence-electron chi connectivity index (χ2n) is 4.27. The second-order valence-corrected chi connectivity index (χ2v) is 5.07. The molecule has 1 saturated carbocycles. The van der Waals surface area contributed by atoms with Crippen LogP contribution in [0.25, 0.3) is 0 Å². The van der Waals surface area contributed by atoms with E-state index in [4.69, 9.17) is 23.2 Å². The Morgan fingerprint density at radius 2 is 1.88 bits per heavy atom. The SMILES string of the molecule is O=C1C2CC2C(=O)N1Cc1nc(Cl)ccc1Cl. The first-order valence-corrected chi connectivity index (χ1v) is 5.99. The first kappa shape index (κ1) is 11.0. The number of amides is 2. The summed E-state index contributed by atoms with van der Waals surface area (Å²) in [5.41, 5.74) is 0.460. The molecule has 2 fully saturated rings. The number of likely N-dealkylation sites (tertiary alicyclic amines) is 1. The van der Waals surface area contributed by atoms with E-state index < -0.39 is 0 Å². The molecule has 1 aromatic heterocycles. The van der Waals surface area contributed by atoms with Gasteiger partial charge in [-0.2, -0.15) is 0 Å². The Morgan fingerprint density at radius 1 is 1.24 bits per heavy atom. The molecule has 0 bridgehead atoms. The number of fused-ring (bicyclic) bond motifs is 1. The summed E-state index contributed by atoms with van der Waals surface area (Å²) in [6, 6.07) is 3.18. The zero-order valence-corrected chi connectivity index (χ0v) is 10.2. The fourth-order valence-electron chi connectivity index (χ4n) is 2.12. The number of hydrogen-bond acceptors (Lipinski definition) is 3. The van der Waals surface area contributed by atoms with Crippen LogP contribution in [0.2, 0.25) is 10.2 Å². The summed E-state index contributed by atoms with van der Waals surface area (Å²) in [4.78, 5) is 28.8. The molecule has 2 heterocycles. The Kier molecular flexibility index (Phi) is 2.38. The summed E-state index contributed by atoms with van der Waals surface area (Å²) in [6.45, 7) is 0.115. The van der Waals surface area contributed by atoms with Gasteiger partial charge < -0.3 is 0 Å². The van der Waals surface area contributed by atoms with E-state index in [1.807, 2.05) is 0 Å². The first-order chi connectivity index (χ1) is 8.08. The van der Waals surface area contributed by atoms with Gasteiger partial charge in [0.1, 0.15) is 5.15 Å². The van der Waals surface area contributed by atoms with Gasteiger partial charge in [-0.05, 0) is 18.6 Å². The van der Waals surface area contributed by atoms with E-state index >= 15 is 0 Å². The zero-order chi connectivity index (χ0) is 12.2. The van der Waals surface area contributed by atoms with Gasteiger partial charge in [-0.25, -0.2) is 4.98 Å². The van der Waals surface area contributed by atoms with Crippen molar-refractivity contribution >= 4 is 35.0 Å². The summed E-state index contributed by atoms with van der Waals surface area (Å²) in [7, 11) is 0. The minimum Gasteiger partial charge on any atom is -0.276 e. The molecule has 1 aliphatic carbocycles. The molecule has 6 heteroatoms. The highest BCUT2D eigenvalue weighted by Crippen LogP contribution is 2.47. The van der Waals surface area contributed by atoms with Crippen LogP contribution in [0, 0.1) is 11.8 Å². The van der Waals surface area contributed by atoms with Gasteiger partial charge in [-0.15, -0.1) is 0 Å². The van der Waals surface area contributed by atoms with Gasteiger partial charge in [-0.3, -0.25) is 14.5 Å². The van der Waals surface area contributed by atoms with Gasteiger partial charge in [0.2, 0.25) is 11.8 Å². The van der Waals surface area contributed by atoms with E-state index in [0.29, 0.717) is 22.3 Å². The summed E-state index contributed by atoms with van der Waals surface area (Å²) in [5.74, 6) is -0.420. The molecule has 88 valence electrons. The fourth-order valence-corrected chi connectivity index (χ4v) is 2.45. The quantitative estimate of drug-likeness (QED) is 0.609. The van der Waals surface area contributed by atoms with Crippen molar-refractivity contribution in [3.63, 3.8) is 0 Å². The lowest BCUT2D eigenvalue weighted by Gasteiger charge is -2.16. The largest absolute Gasteiger partial charge is 0.276 e. The van der Waals surface area contributed by atoms with Crippen LogP contribution in [-0.2, 0) is 16.1 Å². The van der Waals surface area contributed by atoms with E-state index in [-0.39, 0.29) is 30.2 Å². The van der Waals surface area contributed by atoms with Crippen LogP contribution in [0.3, 0.4) is 0 Å². The Bertz CT molecular complexity index is 512. The monoisotopic (exact) mass is 270 g/mol. The van der Waals surface area contributed by atoms with Crippen molar-refractivity contribution in [1.82, 2.24) is 9.88 Å². The van der Waals surface area contributed by atoms with E-state index in [0.717, 1.165) is 0 Å². The predicted molar refractivity (Wildman–Crippen MR) is 61.4 cm³/mol. The van der Waals surface area contributed by atoms with Crippen molar-refractivity contribution in [1.29, 1.82) is 0 Å². The molecule has 1 aromatic rings. The number of imide groups is 1. The van der Waals surface area contributed by atoms with Crippen LogP contribution >= 0.6 is 23.2 Å². The fraction of sp³-hybridized carbons (Fsp3) is 0.364. The van der Waals surface area contributed by atoms with Gasteiger partial charge in [0, 0.05) is 0 Å². The third-order valence-corrected chi connectivity index (χ3v) is 3.70. The summed E-state index contributed by atoms with van der Waals surface area (Å²) in [5, 5.41) is 0.712. The van der Waals surface area contributed by atoms with Crippen LogP contribution < -0.4 is 0 Å². The highest BCUT2D eigenvalue weighted by atomic mass is 35.5. The Balaban J connectivity index is 1.85. The van der Waals surface area contributed by atoms with Crippen LogP contribution in [0.15, 0.2) is 12.1 Å². The van der Waals surface area contributed by atoms with Crippen molar-refractivity contribution in [3.8, 4) is 0 Å². The molecule has 3 rings (SSSR count). The number of pyridine rings is 1. The first-order valence-electron chi connectivity index (χ1n) is 5.24. The number of nitrogens with zero attached hydrogens (tertiary/aromatic N) is 2. The van der Waals surface area contributed by atoms with Crippen molar-refractivity contribution in [2.45, 2.75) is 13.0 Å². The van der Waals surface area contributed by atoms with E-state index in [2.05, 4.69) is 4.98 Å². The van der Waals surface area contributed by atoms with E-state index in [1.165, 1.54) is 4.90 Å². The molecule has 0 spiro atoms. The molecular formula is C11H8Cl2N2O2. The number of hydrogen-bond donors (Lipinski definition) is 0. The van der Waals surface area contributed by atoms with Gasteiger partial charge in [0.05, 0.1) is 29.1 Å². The van der Waals surface area contributed by atoms with Crippen LogP contribution in [0.5, 0.6) is 0 Å². The molecule has 2 amide bonds. The topological polar surface area (TPSA) is 50.3 Å². The number of piperidine rings is 1. The summed E-state index contributed by atoms with van der Waals surface area (Å²) in [6.07, 6.45) is 0.699. The van der Waals surface area contributed by atoms with Crippen LogP contribution in [0.1, 0.15) is 12.1 Å². The van der Waals surface area contributed by atoms with Crippen molar-refractivity contribution in [2.75, 3.05) is 0 Å². The molecule has 0 radical (unpaired) electrons. The minimum absolute atomic E-state index is 0.0968. The van der Waals surface area contributed by atoms with Gasteiger partial charge in [0.15, 0.2) is 0 Å². The van der Waals surface area contributed by atoms with E-state index in [1.54, 1.807) is 12.1 Å². The molecule has 0 aromatic carbocycles. The zero-order valence-electron chi connectivity index (χ0n) is 8.69. The maximum absolute atomic E-state index is 11.8. The second kappa shape index (κ2) is 3.68. The molecule has 2 aliphatic rings. The lowest BCUT2D eigenvalue weighted by atomic mass is 10.3. The lowest BCUT2D eigenvalue weighted by Crippen LogP contribution is -2.32. The van der Waals surface area contributed by atoms with Gasteiger partial charge >= 0.3 is 0 Å². The number of carbonyl (C=O) groups is 2. The normalized spacial score (nSPS) is 26.4. The van der Waals surface area contributed by atoms with Crippen LogP contribution in [0.4, 0.5) is 0 Å². The maximum Gasteiger partial charge on any atom is 0.233 e. The number of rotatable bonds is 2. The van der Waals surface area contributed by atoms with Crippen molar-refractivity contribution in [3.05, 3.63) is 28.0 Å². The Labute approximate surface area is 108 Å². The highest BCUT2D eigenvalue weighted by Gasteiger charge is 2.58. The molecule has 1 saturated heterocycles. The van der Waals surface area contributed by atoms with Crippen molar-refractivity contribution in [2.24, 2.45) is 11.8 Å². The Hall–Kier alpha value is -1.13. The Morgan fingerprint density at radius 3 is 2.53 bits per heavy atom. The maximum atomic E-state index is 11.8. The molecular weight excluding hydrogens is 263 g/mol. The molecule has 2 atom stereocenters. The average Bonchev–Trinajstić information content (AvgIpc) is 3.04. The molecule has 1 aliphatic heterocycles. The summed E-state index contributed by atoms with van der Waals surface area (Å²) >= 11 is 11.7. The molecule has 0 N–H and O–H groups in total. The highest BCUT2D eigenvalue weighted by molar-refractivity contribution is 6.32. The minimum atomic E-state index is -0.113. The number of carbonyl (C=O) groups excluding carboxylic acids is 2. The molecule has 4 nitrogen and oxygen atoms in total. The molecule has 17 heavy (non-hydrogen) atoms. The number of halogens is 2. The van der Waals surface area contributed by atoms with Gasteiger partial charge in [0.25, 0.3) is 0 Å². The third-order valence-electron chi connectivity index (χ3n) is 3.15. The standard InChI is InChI=1S/C11H8Cl2N2O2/c12-7-1-2-9(13)14-8(7)4-15-10(16)5-3-6(5)11(15)17/h1-2,5-6H,3-4H2.